The van der Waals surface area contributed by atoms with Crippen LogP contribution < -0.4 is 5.32 Å². The molecular formula is C12H14N2O3S. The Hall–Kier alpha value is -1.43. The number of hydrogen-bond acceptors (Lipinski definition) is 5. The second-order valence-electron chi connectivity index (χ2n) is 4.79. The molecular weight excluding hydrogens is 252 g/mol. The van der Waals surface area contributed by atoms with E-state index in [1.165, 1.54) is 11.3 Å². The van der Waals surface area contributed by atoms with Crippen LogP contribution in [0.5, 0.6) is 0 Å². The average molecular weight is 266 g/mol. The van der Waals surface area contributed by atoms with Crippen LogP contribution in [0.1, 0.15) is 35.3 Å². The van der Waals surface area contributed by atoms with E-state index in [4.69, 9.17) is 4.74 Å². The first kappa shape index (κ1) is 11.6. The molecule has 18 heavy (non-hydrogen) atoms. The van der Waals surface area contributed by atoms with E-state index in [0.717, 1.165) is 17.8 Å². The number of esters is 1. The smallest absolute Gasteiger partial charge is 0.357 e. The lowest BCUT2D eigenvalue weighted by Crippen LogP contribution is -2.27. The van der Waals surface area contributed by atoms with Gasteiger partial charge in [-0.15, -0.1) is 11.3 Å². The van der Waals surface area contributed by atoms with Crippen molar-refractivity contribution in [2.24, 2.45) is 11.3 Å². The Balaban J connectivity index is 1.53. The van der Waals surface area contributed by atoms with Gasteiger partial charge in [0.2, 0.25) is 5.91 Å². The zero-order valence-electron chi connectivity index (χ0n) is 10.1. The Morgan fingerprint density at radius 1 is 1.61 bits per heavy atom. The van der Waals surface area contributed by atoms with Crippen molar-refractivity contribution in [3.63, 3.8) is 0 Å². The molecule has 0 aliphatic heterocycles. The number of hydrogen-bond donors (Lipinski definition) is 1. The summed E-state index contributed by atoms with van der Waals surface area (Å²) < 4.78 is 4.86. The molecule has 0 spiro atoms. The highest BCUT2D eigenvalue weighted by molar-refractivity contribution is 7.09. The van der Waals surface area contributed by atoms with Crippen LogP contribution in [0.3, 0.4) is 0 Å². The van der Waals surface area contributed by atoms with Crippen molar-refractivity contribution in [3.8, 4) is 0 Å². The van der Waals surface area contributed by atoms with Gasteiger partial charge in [0, 0.05) is 5.38 Å². The molecule has 1 N–H and O–H groups in total. The maximum absolute atomic E-state index is 11.8. The van der Waals surface area contributed by atoms with E-state index in [1.807, 2.05) is 0 Å². The largest absolute Gasteiger partial charge is 0.461 e. The Kier molecular flexibility index (Phi) is 2.62. The maximum atomic E-state index is 11.8. The normalized spacial score (nSPS) is 27.3. The van der Waals surface area contributed by atoms with Crippen molar-refractivity contribution >= 4 is 23.2 Å². The number of ether oxygens (including phenoxy) is 1. The topological polar surface area (TPSA) is 68.3 Å². The zero-order chi connectivity index (χ0) is 12.8. The average Bonchev–Trinajstić information content (AvgIpc) is 3.14. The number of rotatable bonds is 5. The fourth-order valence-electron chi connectivity index (χ4n) is 2.10. The first-order valence-corrected chi connectivity index (χ1v) is 6.93. The molecule has 3 rings (SSSR count). The molecule has 2 aliphatic rings. The van der Waals surface area contributed by atoms with Crippen molar-refractivity contribution in [1.82, 2.24) is 10.3 Å². The van der Waals surface area contributed by atoms with Crippen LogP contribution in [0.4, 0.5) is 0 Å². The van der Waals surface area contributed by atoms with Gasteiger partial charge in [-0.25, -0.2) is 9.78 Å². The molecule has 2 fully saturated rings. The van der Waals surface area contributed by atoms with Crippen molar-refractivity contribution in [3.05, 3.63) is 16.1 Å². The van der Waals surface area contributed by atoms with Gasteiger partial charge < -0.3 is 10.1 Å². The van der Waals surface area contributed by atoms with Gasteiger partial charge in [0.1, 0.15) is 5.01 Å². The SMILES string of the molecule is CCOC(=O)c1csc(CNC(=O)C23CC2C3)n1. The molecule has 1 amide bonds. The van der Waals surface area contributed by atoms with Crippen LogP contribution in [0.25, 0.3) is 0 Å². The Morgan fingerprint density at radius 2 is 2.33 bits per heavy atom. The lowest BCUT2D eigenvalue weighted by molar-refractivity contribution is -0.124. The lowest BCUT2D eigenvalue weighted by atomic mass is 10.2. The monoisotopic (exact) mass is 266 g/mol. The summed E-state index contributed by atoms with van der Waals surface area (Å²) in [5, 5.41) is 5.28. The number of nitrogens with zero attached hydrogens (tertiary/aromatic N) is 1. The second kappa shape index (κ2) is 4.05. The minimum Gasteiger partial charge on any atom is -0.461 e. The van der Waals surface area contributed by atoms with Gasteiger partial charge in [-0.3, -0.25) is 4.79 Å². The molecule has 1 aromatic heterocycles. The molecule has 0 bridgehead atoms. The summed E-state index contributed by atoms with van der Waals surface area (Å²) in [6, 6.07) is 0. The molecule has 0 atom stereocenters. The van der Waals surface area contributed by atoms with E-state index in [1.54, 1.807) is 12.3 Å². The van der Waals surface area contributed by atoms with Gasteiger partial charge in [-0.05, 0) is 25.7 Å². The minimum atomic E-state index is -0.408. The summed E-state index contributed by atoms with van der Waals surface area (Å²) in [6.07, 6.45) is 2.09. The Bertz CT molecular complexity index is 505. The number of amides is 1. The zero-order valence-corrected chi connectivity index (χ0v) is 10.9. The van der Waals surface area contributed by atoms with Crippen molar-refractivity contribution < 1.29 is 14.3 Å². The molecule has 5 nitrogen and oxygen atoms in total. The van der Waals surface area contributed by atoms with Gasteiger partial charge >= 0.3 is 5.97 Å². The van der Waals surface area contributed by atoms with E-state index in [2.05, 4.69) is 10.3 Å². The summed E-state index contributed by atoms with van der Waals surface area (Å²) >= 11 is 1.36. The number of thiazole rings is 1. The number of aromatic nitrogens is 1. The summed E-state index contributed by atoms with van der Waals surface area (Å²) in [4.78, 5) is 27.3. The summed E-state index contributed by atoms with van der Waals surface area (Å²) in [5.74, 6) is 0.374. The second-order valence-corrected chi connectivity index (χ2v) is 5.73. The summed E-state index contributed by atoms with van der Waals surface area (Å²) in [7, 11) is 0. The van der Waals surface area contributed by atoms with Crippen LogP contribution in [-0.2, 0) is 16.1 Å². The van der Waals surface area contributed by atoms with Gasteiger partial charge in [0.05, 0.1) is 18.6 Å². The number of nitrogens with one attached hydrogen (secondary N) is 1. The number of carbonyl (C=O) groups excluding carboxylic acids is 2. The highest BCUT2D eigenvalue weighted by Crippen LogP contribution is 2.75. The van der Waals surface area contributed by atoms with Crippen LogP contribution in [0.15, 0.2) is 5.38 Å². The molecule has 2 aliphatic carbocycles. The standard InChI is InChI=1S/C12H14N2O3S/c1-2-17-10(15)8-6-18-9(14-8)5-13-11(16)12-3-7(12)4-12/h6-7H,2-5H2,1H3,(H,13,16). The molecule has 0 unspecified atom stereocenters. The predicted octanol–water partition coefficient (Wildman–Crippen LogP) is 1.35. The first-order chi connectivity index (χ1) is 8.65. The third-order valence-electron chi connectivity index (χ3n) is 3.57. The minimum absolute atomic E-state index is 0.0127. The van der Waals surface area contributed by atoms with Crippen LogP contribution in [0.2, 0.25) is 0 Å². The Labute approximate surface area is 109 Å². The molecule has 2 saturated carbocycles. The van der Waals surface area contributed by atoms with E-state index in [0.29, 0.717) is 24.8 Å². The fourth-order valence-corrected chi connectivity index (χ4v) is 2.80. The van der Waals surface area contributed by atoms with Crippen LogP contribution >= 0.6 is 11.3 Å². The molecule has 0 saturated heterocycles. The van der Waals surface area contributed by atoms with E-state index in [9.17, 15) is 9.59 Å². The van der Waals surface area contributed by atoms with Crippen molar-refractivity contribution in [2.45, 2.75) is 26.3 Å². The van der Waals surface area contributed by atoms with E-state index >= 15 is 0 Å². The van der Waals surface area contributed by atoms with Gasteiger partial charge in [-0.2, -0.15) is 0 Å². The van der Waals surface area contributed by atoms with E-state index in [-0.39, 0.29) is 11.3 Å². The maximum Gasteiger partial charge on any atom is 0.357 e. The molecule has 1 heterocycles. The number of carbonyl (C=O) groups is 2. The molecule has 96 valence electrons. The molecule has 6 heteroatoms. The summed E-state index contributed by atoms with van der Waals surface area (Å²) in [5.41, 5.74) is 0.307. The van der Waals surface area contributed by atoms with E-state index < -0.39 is 5.97 Å². The third-order valence-corrected chi connectivity index (χ3v) is 4.42. The summed E-state index contributed by atoms with van der Waals surface area (Å²) in [6.45, 7) is 2.50. The first-order valence-electron chi connectivity index (χ1n) is 6.05. The number of fused-ring (bicyclic) bond motifs is 1. The van der Waals surface area contributed by atoms with Crippen molar-refractivity contribution in [1.29, 1.82) is 0 Å². The van der Waals surface area contributed by atoms with Crippen LogP contribution in [-0.4, -0.2) is 23.5 Å². The Morgan fingerprint density at radius 3 is 2.94 bits per heavy atom. The third kappa shape index (κ3) is 1.90. The highest BCUT2D eigenvalue weighted by Gasteiger charge is 2.74. The van der Waals surface area contributed by atoms with Gasteiger partial charge in [0.25, 0.3) is 0 Å². The molecule has 0 radical (unpaired) electrons. The van der Waals surface area contributed by atoms with Gasteiger partial charge in [0.15, 0.2) is 5.69 Å². The molecule has 0 aromatic carbocycles. The molecule has 1 aromatic rings. The highest BCUT2D eigenvalue weighted by atomic mass is 32.1. The van der Waals surface area contributed by atoms with Crippen LogP contribution in [0, 0.1) is 11.3 Å². The fraction of sp³-hybridized carbons (Fsp3) is 0.583. The van der Waals surface area contributed by atoms with Crippen molar-refractivity contribution in [2.75, 3.05) is 6.61 Å². The van der Waals surface area contributed by atoms with Gasteiger partial charge in [-0.1, -0.05) is 0 Å². The lowest BCUT2D eigenvalue weighted by Gasteiger charge is -2.04. The quantitative estimate of drug-likeness (QED) is 0.817. The predicted molar refractivity (Wildman–Crippen MR) is 65.1 cm³/mol.